The predicted molar refractivity (Wildman–Crippen MR) is 85.8 cm³/mol. The number of benzene rings is 2. The number of nitrogens with one attached hydrogen (secondary N) is 1. The SMILES string of the molecule is CCOc1cccc(/C=N/NC(=O)c2ccc(Cl)cc2)c1O. The number of hydrazone groups is 1. The number of ether oxygens (including phenoxy) is 1. The van der Waals surface area contributed by atoms with Gasteiger partial charge >= 0.3 is 0 Å². The fourth-order valence-electron chi connectivity index (χ4n) is 1.74. The number of aromatic hydroxyl groups is 1. The fourth-order valence-corrected chi connectivity index (χ4v) is 1.87. The summed E-state index contributed by atoms with van der Waals surface area (Å²) in [6.07, 6.45) is 1.35. The van der Waals surface area contributed by atoms with Gasteiger partial charge in [-0.2, -0.15) is 5.10 Å². The van der Waals surface area contributed by atoms with Gasteiger partial charge in [-0.15, -0.1) is 0 Å². The molecule has 0 spiro atoms. The lowest BCUT2D eigenvalue weighted by molar-refractivity contribution is 0.0955. The van der Waals surface area contributed by atoms with Gasteiger partial charge in [-0.25, -0.2) is 5.43 Å². The van der Waals surface area contributed by atoms with E-state index in [-0.39, 0.29) is 11.7 Å². The van der Waals surface area contributed by atoms with Crippen LogP contribution in [-0.4, -0.2) is 23.8 Å². The van der Waals surface area contributed by atoms with Crippen molar-refractivity contribution in [2.75, 3.05) is 6.61 Å². The Balaban J connectivity index is 2.05. The number of hydrogen-bond donors (Lipinski definition) is 2. The molecule has 22 heavy (non-hydrogen) atoms. The van der Waals surface area contributed by atoms with E-state index < -0.39 is 0 Å². The summed E-state index contributed by atoms with van der Waals surface area (Å²) in [6, 6.07) is 11.5. The van der Waals surface area contributed by atoms with Crippen molar-refractivity contribution in [3.05, 3.63) is 58.6 Å². The lowest BCUT2D eigenvalue weighted by Crippen LogP contribution is -2.17. The topological polar surface area (TPSA) is 70.9 Å². The van der Waals surface area contributed by atoms with Crippen LogP contribution in [0, 0.1) is 0 Å². The molecule has 2 N–H and O–H groups in total. The molecule has 0 fully saturated rings. The van der Waals surface area contributed by atoms with Gasteiger partial charge in [-0.1, -0.05) is 17.7 Å². The van der Waals surface area contributed by atoms with Gasteiger partial charge in [0.1, 0.15) is 0 Å². The van der Waals surface area contributed by atoms with Gasteiger partial charge in [-0.05, 0) is 43.3 Å². The van der Waals surface area contributed by atoms with Crippen LogP contribution in [0.3, 0.4) is 0 Å². The lowest BCUT2D eigenvalue weighted by atomic mass is 10.2. The standard InChI is InChI=1S/C16H15ClN2O3/c1-2-22-14-5-3-4-12(15(14)20)10-18-19-16(21)11-6-8-13(17)9-7-11/h3-10,20H,2H2,1H3,(H,19,21)/b18-10+. The van der Waals surface area contributed by atoms with Crippen LogP contribution in [0.25, 0.3) is 0 Å². The van der Waals surface area contributed by atoms with Crippen LogP contribution in [0.15, 0.2) is 47.6 Å². The molecule has 0 saturated carbocycles. The van der Waals surface area contributed by atoms with E-state index in [2.05, 4.69) is 10.5 Å². The summed E-state index contributed by atoms with van der Waals surface area (Å²) in [5.41, 5.74) is 3.27. The van der Waals surface area contributed by atoms with Gasteiger partial charge in [0.2, 0.25) is 0 Å². The van der Waals surface area contributed by atoms with Crippen LogP contribution in [0.2, 0.25) is 5.02 Å². The van der Waals surface area contributed by atoms with Crippen molar-refractivity contribution in [3.63, 3.8) is 0 Å². The van der Waals surface area contributed by atoms with Crippen molar-refractivity contribution < 1.29 is 14.6 Å². The first-order chi connectivity index (χ1) is 10.6. The molecule has 2 aromatic rings. The minimum atomic E-state index is -0.367. The highest BCUT2D eigenvalue weighted by Gasteiger charge is 2.06. The van der Waals surface area contributed by atoms with Gasteiger partial charge in [0.15, 0.2) is 11.5 Å². The molecular weight excluding hydrogens is 304 g/mol. The molecule has 0 aliphatic rings. The number of amides is 1. The summed E-state index contributed by atoms with van der Waals surface area (Å²) in [5, 5.41) is 14.4. The van der Waals surface area contributed by atoms with Gasteiger partial charge in [0.05, 0.1) is 12.8 Å². The maximum Gasteiger partial charge on any atom is 0.271 e. The molecule has 0 unspecified atom stereocenters. The van der Waals surface area contributed by atoms with Crippen LogP contribution in [-0.2, 0) is 0 Å². The molecule has 0 bridgehead atoms. The third-order valence-electron chi connectivity index (χ3n) is 2.81. The second-order valence-electron chi connectivity index (χ2n) is 4.33. The fraction of sp³-hybridized carbons (Fsp3) is 0.125. The molecule has 0 aliphatic heterocycles. The summed E-state index contributed by atoms with van der Waals surface area (Å²) in [5.74, 6) is -0.0160. The molecule has 2 aromatic carbocycles. The molecule has 0 radical (unpaired) electrons. The highest BCUT2D eigenvalue weighted by atomic mass is 35.5. The number of carbonyl (C=O) groups is 1. The molecule has 2 rings (SSSR count). The first-order valence-corrected chi connectivity index (χ1v) is 7.03. The van der Waals surface area contributed by atoms with Gasteiger partial charge in [-0.3, -0.25) is 4.79 Å². The highest BCUT2D eigenvalue weighted by Crippen LogP contribution is 2.28. The van der Waals surface area contributed by atoms with Crippen molar-refractivity contribution in [1.82, 2.24) is 5.43 Å². The van der Waals surface area contributed by atoms with E-state index in [0.717, 1.165) is 0 Å². The third-order valence-corrected chi connectivity index (χ3v) is 3.06. The first-order valence-electron chi connectivity index (χ1n) is 6.65. The number of hydrogen-bond acceptors (Lipinski definition) is 4. The molecule has 0 atom stereocenters. The molecular formula is C16H15ClN2O3. The van der Waals surface area contributed by atoms with E-state index in [9.17, 15) is 9.90 Å². The van der Waals surface area contributed by atoms with Crippen LogP contribution in [0.1, 0.15) is 22.8 Å². The zero-order valence-electron chi connectivity index (χ0n) is 11.9. The van der Waals surface area contributed by atoms with E-state index in [4.69, 9.17) is 16.3 Å². The summed E-state index contributed by atoms with van der Waals surface area (Å²) < 4.78 is 5.27. The Morgan fingerprint density at radius 3 is 2.73 bits per heavy atom. The normalized spacial score (nSPS) is 10.6. The minimum Gasteiger partial charge on any atom is -0.504 e. The zero-order chi connectivity index (χ0) is 15.9. The number of para-hydroxylation sites is 1. The number of halogens is 1. The zero-order valence-corrected chi connectivity index (χ0v) is 12.7. The summed E-state index contributed by atoms with van der Waals surface area (Å²) in [4.78, 5) is 11.8. The van der Waals surface area contributed by atoms with Gasteiger partial charge in [0, 0.05) is 16.1 Å². The second-order valence-corrected chi connectivity index (χ2v) is 4.77. The van der Waals surface area contributed by atoms with Crippen molar-refractivity contribution in [1.29, 1.82) is 0 Å². The van der Waals surface area contributed by atoms with E-state index in [1.807, 2.05) is 6.92 Å². The van der Waals surface area contributed by atoms with E-state index >= 15 is 0 Å². The van der Waals surface area contributed by atoms with E-state index in [1.54, 1.807) is 42.5 Å². The molecule has 5 nitrogen and oxygen atoms in total. The molecule has 0 aliphatic carbocycles. The first kappa shape index (κ1) is 15.9. The Hall–Kier alpha value is -2.53. The average molecular weight is 319 g/mol. The second kappa shape index (κ2) is 7.47. The number of rotatable bonds is 5. The van der Waals surface area contributed by atoms with E-state index in [0.29, 0.717) is 28.5 Å². The van der Waals surface area contributed by atoms with E-state index in [1.165, 1.54) is 6.21 Å². The monoisotopic (exact) mass is 318 g/mol. The Labute approximate surface area is 133 Å². The van der Waals surface area contributed by atoms with Gasteiger partial charge in [0.25, 0.3) is 5.91 Å². The number of nitrogens with zero attached hydrogens (tertiary/aromatic N) is 1. The minimum absolute atomic E-state index is 0.0196. The smallest absolute Gasteiger partial charge is 0.271 e. The van der Waals surface area contributed by atoms with Crippen LogP contribution in [0.4, 0.5) is 0 Å². The summed E-state index contributed by atoms with van der Waals surface area (Å²) >= 11 is 5.76. The Morgan fingerprint density at radius 1 is 1.32 bits per heavy atom. The van der Waals surface area contributed by atoms with Gasteiger partial charge < -0.3 is 9.84 Å². The molecule has 1 amide bonds. The highest BCUT2D eigenvalue weighted by molar-refractivity contribution is 6.30. The number of carbonyl (C=O) groups excluding carboxylic acids is 1. The predicted octanol–water partition coefficient (Wildman–Crippen LogP) is 3.21. The van der Waals surface area contributed by atoms with Crippen molar-refractivity contribution in [2.24, 2.45) is 5.10 Å². The van der Waals surface area contributed by atoms with Crippen LogP contribution in [0.5, 0.6) is 11.5 Å². The number of phenols is 1. The van der Waals surface area contributed by atoms with Crippen LogP contribution < -0.4 is 10.2 Å². The van der Waals surface area contributed by atoms with Crippen molar-refractivity contribution in [2.45, 2.75) is 6.92 Å². The quantitative estimate of drug-likeness (QED) is 0.657. The van der Waals surface area contributed by atoms with Crippen molar-refractivity contribution >= 4 is 23.7 Å². The molecule has 0 heterocycles. The molecule has 6 heteroatoms. The summed E-state index contributed by atoms with van der Waals surface area (Å²) in [6.45, 7) is 2.27. The molecule has 0 aromatic heterocycles. The maximum atomic E-state index is 11.8. The van der Waals surface area contributed by atoms with Crippen LogP contribution >= 0.6 is 11.6 Å². The van der Waals surface area contributed by atoms with Crippen molar-refractivity contribution in [3.8, 4) is 11.5 Å². The molecule has 0 saturated heterocycles. The molecule has 114 valence electrons. The number of phenolic OH excluding ortho intramolecular Hbond substituents is 1. The lowest BCUT2D eigenvalue weighted by Gasteiger charge is -2.07. The Kier molecular flexibility index (Phi) is 5.38. The largest absolute Gasteiger partial charge is 0.504 e. The average Bonchev–Trinajstić information content (AvgIpc) is 2.51. The third kappa shape index (κ3) is 3.99. The summed E-state index contributed by atoms with van der Waals surface area (Å²) in [7, 11) is 0. The maximum absolute atomic E-state index is 11.8. The Morgan fingerprint density at radius 2 is 2.05 bits per heavy atom. The Bertz CT molecular complexity index is 684.